The van der Waals surface area contributed by atoms with Gasteiger partial charge in [0.1, 0.15) is 11.6 Å². The molecule has 6 heteroatoms. The monoisotopic (exact) mass is 265 g/mol. The molecule has 0 aliphatic carbocycles. The van der Waals surface area contributed by atoms with Gasteiger partial charge in [-0.25, -0.2) is 0 Å². The Morgan fingerprint density at radius 2 is 2.17 bits per heavy atom. The molecule has 2 rings (SSSR count). The summed E-state index contributed by atoms with van der Waals surface area (Å²) in [5, 5.41) is 16.8. The zero-order valence-corrected chi connectivity index (χ0v) is 10.7. The van der Waals surface area contributed by atoms with Crippen LogP contribution in [0.1, 0.15) is 16.1 Å². The van der Waals surface area contributed by atoms with Crippen LogP contribution < -0.4 is 5.32 Å². The molecule has 94 valence electrons. The van der Waals surface area contributed by atoms with Crippen LogP contribution in [0, 0.1) is 6.92 Å². The summed E-state index contributed by atoms with van der Waals surface area (Å²) in [5.74, 6) is 0.00525. The van der Waals surface area contributed by atoms with Crippen molar-refractivity contribution < 1.29 is 9.90 Å². The molecule has 2 N–H and O–H groups in total. The van der Waals surface area contributed by atoms with Crippen molar-refractivity contribution in [3.63, 3.8) is 0 Å². The highest BCUT2D eigenvalue weighted by atomic mass is 35.5. The van der Waals surface area contributed by atoms with Crippen molar-refractivity contribution in [1.82, 2.24) is 9.78 Å². The van der Waals surface area contributed by atoms with E-state index < -0.39 is 5.91 Å². The molecule has 0 fully saturated rings. The van der Waals surface area contributed by atoms with E-state index in [9.17, 15) is 9.90 Å². The second-order valence-electron chi connectivity index (χ2n) is 3.91. The molecule has 0 saturated carbocycles. The highest BCUT2D eigenvalue weighted by molar-refractivity contribution is 6.31. The van der Waals surface area contributed by atoms with Crippen molar-refractivity contribution in [2.75, 3.05) is 5.32 Å². The van der Waals surface area contributed by atoms with E-state index in [1.165, 1.54) is 18.2 Å². The van der Waals surface area contributed by atoms with Crippen molar-refractivity contribution in [2.45, 2.75) is 6.92 Å². The lowest BCUT2D eigenvalue weighted by atomic mass is 10.2. The fourth-order valence-electron chi connectivity index (χ4n) is 1.60. The Morgan fingerprint density at radius 1 is 1.44 bits per heavy atom. The van der Waals surface area contributed by atoms with Gasteiger partial charge in [-0.3, -0.25) is 9.48 Å². The van der Waals surface area contributed by atoms with Crippen molar-refractivity contribution in [1.29, 1.82) is 0 Å². The van der Waals surface area contributed by atoms with E-state index in [4.69, 9.17) is 11.6 Å². The number of aromatic hydroxyl groups is 1. The first-order valence-electron chi connectivity index (χ1n) is 5.28. The van der Waals surface area contributed by atoms with Crippen LogP contribution in [-0.4, -0.2) is 20.8 Å². The average Bonchev–Trinajstić information content (AvgIpc) is 2.61. The molecule has 0 spiro atoms. The molecule has 0 unspecified atom stereocenters. The lowest BCUT2D eigenvalue weighted by Crippen LogP contribution is -2.14. The average molecular weight is 266 g/mol. The van der Waals surface area contributed by atoms with Crippen LogP contribution in [-0.2, 0) is 7.05 Å². The Labute approximate surface area is 109 Å². The van der Waals surface area contributed by atoms with Gasteiger partial charge in [-0.2, -0.15) is 5.10 Å². The standard InChI is InChI=1S/C12H12ClN3O2/c1-7-5-11(16(2)15-7)14-12(18)9-6-8(13)3-4-10(9)17/h3-6,17H,1-2H3,(H,14,18). The first-order chi connectivity index (χ1) is 8.47. The van der Waals surface area contributed by atoms with Crippen molar-refractivity contribution >= 4 is 23.3 Å². The molecule has 1 aromatic carbocycles. The summed E-state index contributed by atoms with van der Waals surface area (Å²) in [5.41, 5.74) is 0.921. The third kappa shape index (κ3) is 2.46. The number of carbonyl (C=O) groups excluding carboxylic acids is 1. The molecule has 0 atom stereocenters. The number of anilines is 1. The molecule has 18 heavy (non-hydrogen) atoms. The van der Waals surface area contributed by atoms with Crippen LogP contribution in [0.4, 0.5) is 5.82 Å². The maximum atomic E-state index is 12.0. The van der Waals surface area contributed by atoms with Crippen molar-refractivity contribution in [3.8, 4) is 5.75 Å². The van der Waals surface area contributed by atoms with Gasteiger partial charge in [0, 0.05) is 18.1 Å². The molecule has 1 aromatic heterocycles. The predicted octanol–water partition coefficient (Wildman–Crippen LogP) is 2.34. The number of rotatable bonds is 2. The van der Waals surface area contributed by atoms with Gasteiger partial charge in [0.25, 0.3) is 5.91 Å². The Morgan fingerprint density at radius 3 is 2.78 bits per heavy atom. The van der Waals surface area contributed by atoms with Gasteiger partial charge < -0.3 is 10.4 Å². The van der Waals surface area contributed by atoms with Gasteiger partial charge in [-0.05, 0) is 25.1 Å². The highest BCUT2D eigenvalue weighted by Gasteiger charge is 2.13. The molecule has 0 aliphatic heterocycles. The lowest BCUT2D eigenvalue weighted by Gasteiger charge is -2.07. The minimum absolute atomic E-state index is 0.115. The normalized spacial score (nSPS) is 10.4. The van der Waals surface area contributed by atoms with Gasteiger partial charge >= 0.3 is 0 Å². The third-order valence-corrected chi connectivity index (χ3v) is 2.68. The van der Waals surface area contributed by atoms with Crippen LogP contribution in [0.5, 0.6) is 5.75 Å². The second kappa shape index (κ2) is 4.70. The number of amides is 1. The number of hydrogen-bond donors (Lipinski definition) is 2. The second-order valence-corrected chi connectivity index (χ2v) is 4.35. The molecule has 2 aromatic rings. The first-order valence-corrected chi connectivity index (χ1v) is 5.65. The number of phenols is 1. The number of nitrogens with zero attached hydrogens (tertiary/aromatic N) is 2. The van der Waals surface area contributed by atoms with Gasteiger partial charge in [0.15, 0.2) is 0 Å². The Kier molecular flexibility index (Phi) is 3.25. The van der Waals surface area contributed by atoms with E-state index in [1.54, 1.807) is 17.8 Å². The highest BCUT2D eigenvalue weighted by Crippen LogP contribution is 2.22. The Balaban J connectivity index is 2.27. The lowest BCUT2D eigenvalue weighted by molar-refractivity contribution is 0.102. The summed E-state index contributed by atoms with van der Waals surface area (Å²) in [6.07, 6.45) is 0. The number of phenolic OH excluding ortho intramolecular Hbond substituents is 1. The van der Waals surface area contributed by atoms with E-state index >= 15 is 0 Å². The molecule has 1 amide bonds. The van der Waals surface area contributed by atoms with E-state index in [0.29, 0.717) is 10.8 Å². The fraction of sp³-hybridized carbons (Fsp3) is 0.167. The van der Waals surface area contributed by atoms with Crippen LogP contribution in [0.25, 0.3) is 0 Å². The topological polar surface area (TPSA) is 67.2 Å². The molecule has 0 bridgehead atoms. The summed E-state index contributed by atoms with van der Waals surface area (Å²) >= 11 is 5.79. The smallest absolute Gasteiger partial charge is 0.260 e. The fourth-order valence-corrected chi connectivity index (χ4v) is 1.77. The maximum absolute atomic E-state index is 12.0. The Hall–Kier alpha value is -2.01. The number of aromatic nitrogens is 2. The summed E-state index contributed by atoms with van der Waals surface area (Å²) < 4.78 is 1.55. The van der Waals surface area contributed by atoms with E-state index in [0.717, 1.165) is 5.69 Å². The number of benzene rings is 1. The summed E-state index contributed by atoms with van der Waals surface area (Å²) in [6, 6.07) is 6.04. The maximum Gasteiger partial charge on any atom is 0.260 e. The van der Waals surface area contributed by atoms with Crippen LogP contribution in [0.3, 0.4) is 0 Å². The van der Waals surface area contributed by atoms with Crippen molar-refractivity contribution in [2.24, 2.45) is 7.05 Å². The minimum Gasteiger partial charge on any atom is -0.507 e. The third-order valence-electron chi connectivity index (χ3n) is 2.45. The number of aryl methyl sites for hydroxylation is 2. The molecular weight excluding hydrogens is 254 g/mol. The SMILES string of the molecule is Cc1cc(NC(=O)c2cc(Cl)ccc2O)n(C)n1. The van der Waals surface area contributed by atoms with Gasteiger partial charge in [-0.15, -0.1) is 0 Å². The molecular formula is C12H12ClN3O2. The number of halogens is 1. The molecule has 0 aliphatic rings. The largest absolute Gasteiger partial charge is 0.507 e. The minimum atomic E-state index is -0.432. The molecule has 0 radical (unpaired) electrons. The predicted molar refractivity (Wildman–Crippen MR) is 69.0 cm³/mol. The van der Waals surface area contributed by atoms with Crippen LogP contribution in [0.15, 0.2) is 24.3 Å². The molecule has 5 nitrogen and oxygen atoms in total. The number of nitrogens with one attached hydrogen (secondary N) is 1. The zero-order valence-electron chi connectivity index (χ0n) is 9.94. The van der Waals surface area contributed by atoms with E-state index in [1.807, 2.05) is 6.92 Å². The molecule has 0 saturated heterocycles. The number of hydrogen-bond acceptors (Lipinski definition) is 3. The van der Waals surface area contributed by atoms with Crippen molar-refractivity contribution in [3.05, 3.63) is 40.5 Å². The van der Waals surface area contributed by atoms with Gasteiger partial charge in [-0.1, -0.05) is 11.6 Å². The summed E-state index contributed by atoms with van der Waals surface area (Å²) in [4.78, 5) is 12.0. The summed E-state index contributed by atoms with van der Waals surface area (Å²) in [7, 11) is 1.72. The van der Waals surface area contributed by atoms with Crippen LogP contribution in [0.2, 0.25) is 5.02 Å². The van der Waals surface area contributed by atoms with Crippen LogP contribution >= 0.6 is 11.6 Å². The van der Waals surface area contributed by atoms with Gasteiger partial charge in [0.2, 0.25) is 0 Å². The van der Waals surface area contributed by atoms with Gasteiger partial charge in [0.05, 0.1) is 11.3 Å². The zero-order chi connectivity index (χ0) is 13.3. The first kappa shape index (κ1) is 12.4. The van der Waals surface area contributed by atoms with E-state index in [2.05, 4.69) is 10.4 Å². The summed E-state index contributed by atoms with van der Waals surface area (Å²) in [6.45, 7) is 1.83. The quantitative estimate of drug-likeness (QED) is 0.876. The number of carbonyl (C=O) groups is 1. The molecule has 1 heterocycles. The van der Waals surface area contributed by atoms with E-state index in [-0.39, 0.29) is 11.3 Å². The Bertz CT molecular complexity index is 607.